The van der Waals surface area contributed by atoms with E-state index in [1.54, 1.807) is 26.2 Å². The number of rotatable bonds is 7. The number of nitrogens with zero attached hydrogens (tertiary/aromatic N) is 2. The Hall–Kier alpha value is -0.330. The van der Waals surface area contributed by atoms with Crippen LogP contribution in [0.25, 0.3) is 0 Å². The van der Waals surface area contributed by atoms with E-state index < -0.39 is 10.2 Å². The Bertz CT molecular complexity index is 537. The van der Waals surface area contributed by atoms with Gasteiger partial charge >= 0.3 is 0 Å². The van der Waals surface area contributed by atoms with Gasteiger partial charge in [-0.3, -0.25) is 0 Å². The van der Waals surface area contributed by atoms with Crippen molar-refractivity contribution in [2.24, 2.45) is 0 Å². The van der Waals surface area contributed by atoms with Crippen molar-refractivity contribution in [3.05, 3.63) is 34.9 Å². The van der Waals surface area contributed by atoms with Gasteiger partial charge in [-0.1, -0.05) is 23.7 Å². The third-order valence-electron chi connectivity index (χ3n) is 3.24. The SMILES string of the molecule is CC(c1cccc(Cl)c1)N(C)S(=O)(=O)N(C)CCCCl. The highest BCUT2D eigenvalue weighted by Crippen LogP contribution is 2.25. The van der Waals surface area contributed by atoms with E-state index in [1.807, 2.05) is 19.1 Å². The molecule has 0 amide bonds. The quantitative estimate of drug-likeness (QED) is 0.716. The minimum atomic E-state index is -3.51. The van der Waals surface area contributed by atoms with Crippen molar-refractivity contribution in [1.82, 2.24) is 8.61 Å². The van der Waals surface area contributed by atoms with E-state index in [2.05, 4.69) is 0 Å². The predicted molar refractivity (Wildman–Crippen MR) is 84.5 cm³/mol. The first-order chi connectivity index (χ1) is 9.30. The van der Waals surface area contributed by atoms with E-state index in [9.17, 15) is 8.42 Å². The average Bonchev–Trinajstić information content (AvgIpc) is 2.42. The summed E-state index contributed by atoms with van der Waals surface area (Å²) >= 11 is 11.5. The van der Waals surface area contributed by atoms with Crippen LogP contribution in [0.4, 0.5) is 0 Å². The molecule has 0 aliphatic carbocycles. The number of hydrogen-bond donors (Lipinski definition) is 0. The fourth-order valence-corrected chi connectivity index (χ4v) is 3.43. The first kappa shape index (κ1) is 17.7. The lowest BCUT2D eigenvalue weighted by atomic mass is 10.1. The molecule has 7 heteroatoms. The molecular weight excluding hydrogens is 319 g/mol. The van der Waals surface area contributed by atoms with Crippen molar-refractivity contribution >= 4 is 33.4 Å². The van der Waals surface area contributed by atoms with Crippen molar-refractivity contribution in [3.8, 4) is 0 Å². The maximum Gasteiger partial charge on any atom is 0.282 e. The van der Waals surface area contributed by atoms with Gasteiger partial charge in [0.15, 0.2) is 0 Å². The zero-order chi connectivity index (χ0) is 15.3. The first-order valence-corrected chi connectivity index (χ1v) is 8.62. The lowest BCUT2D eigenvalue weighted by molar-refractivity contribution is 0.349. The van der Waals surface area contributed by atoms with Crippen molar-refractivity contribution in [3.63, 3.8) is 0 Å². The van der Waals surface area contributed by atoms with E-state index in [-0.39, 0.29) is 6.04 Å². The summed E-state index contributed by atoms with van der Waals surface area (Å²) < 4.78 is 27.5. The fraction of sp³-hybridized carbons (Fsp3) is 0.538. The molecule has 0 saturated heterocycles. The van der Waals surface area contributed by atoms with Gasteiger partial charge < -0.3 is 0 Å². The maximum atomic E-state index is 12.4. The molecule has 0 spiro atoms. The van der Waals surface area contributed by atoms with E-state index >= 15 is 0 Å². The molecule has 20 heavy (non-hydrogen) atoms. The van der Waals surface area contributed by atoms with Gasteiger partial charge in [0.2, 0.25) is 0 Å². The van der Waals surface area contributed by atoms with Gasteiger partial charge in [-0.05, 0) is 31.0 Å². The number of alkyl halides is 1. The molecule has 0 aromatic heterocycles. The molecule has 1 atom stereocenters. The van der Waals surface area contributed by atoms with Crippen LogP contribution in [0.2, 0.25) is 5.02 Å². The second-order valence-corrected chi connectivity index (χ2v) is 7.53. The van der Waals surface area contributed by atoms with Crippen molar-refractivity contribution in [1.29, 1.82) is 0 Å². The Balaban J connectivity index is 2.90. The monoisotopic (exact) mass is 338 g/mol. The van der Waals surface area contributed by atoms with E-state index in [0.29, 0.717) is 23.9 Å². The van der Waals surface area contributed by atoms with Crippen LogP contribution in [0.3, 0.4) is 0 Å². The molecule has 0 aliphatic heterocycles. The molecule has 4 nitrogen and oxygen atoms in total. The van der Waals surface area contributed by atoms with Gasteiger partial charge in [-0.15, -0.1) is 11.6 Å². The lowest BCUT2D eigenvalue weighted by Crippen LogP contribution is -2.41. The highest BCUT2D eigenvalue weighted by Gasteiger charge is 2.28. The number of halogens is 2. The molecule has 0 heterocycles. The molecular formula is C13H20Cl2N2O2S. The normalized spacial score (nSPS) is 13.9. The Kier molecular flexibility index (Phi) is 6.75. The van der Waals surface area contributed by atoms with Gasteiger partial charge in [-0.25, -0.2) is 0 Å². The molecule has 0 fully saturated rings. The van der Waals surface area contributed by atoms with Crippen LogP contribution < -0.4 is 0 Å². The Morgan fingerprint density at radius 2 is 1.95 bits per heavy atom. The summed E-state index contributed by atoms with van der Waals surface area (Å²) in [7, 11) is -0.380. The van der Waals surface area contributed by atoms with Crippen LogP contribution >= 0.6 is 23.2 Å². The molecule has 0 radical (unpaired) electrons. The standard InChI is InChI=1S/C13H20Cl2N2O2S/c1-11(12-6-4-7-13(15)10-12)17(3)20(18,19)16(2)9-5-8-14/h4,6-7,10-11H,5,8-9H2,1-3H3. The minimum Gasteiger partial charge on any atom is -0.195 e. The lowest BCUT2D eigenvalue weighted by Gasteiger charge is -2.29. The van der Waals surface area contributed by atoms with Crippen molar-refractivity contribution < 1.29 is 8.42 Å². The van der Waals surface area contributed by atoms with Crippen LogP contribution in [0.1, 0.15) is 24.9 Å². The predicted octanol–water partition coefficient (Wildman–Crippen LogP) is 3.14. The van der Waals surface area contributed by atoms with Crippen LogP contribution in [0.15, 0.2) is 24.3 Å². The Morgan fingerprint density at radius 3 is 2.50 bits per heavy atom. The molecule has 0 saturated carbocycles. The Labute approximate surface area is 131 Å². The number of hydrogen-bond acceptors (Lipinski definition) is 2. The highest BCUT2D eigenvalue weighted by molar-refractivity contribution is 7.86. The third-order valence-corrected chi connectivity index (χ3v) is 5.76. The zero-order valence-corrected chi connectivity index (χ0v) is 14.2. The summed E-state index contributed by atoms with van der Waals surface area (Å²) in [4.78, 5) is 0. The second-order valence-electron chi connectivity index (χ2n) is 4.62. The van der Waals surface area contributed by atoms with Gasteiger partial charge in [-0.2, -0.15) is 17.0 Å². The van der Waals surface area contributed by atoms with Crippen molar-refractivity contribution in [2.75, 3.05) is 26.5 Å². The Morgan fingerprint density at radius 1 is 1.30 bits per heavy atom. The number of benzene rings is 1. The van der Waals surface area contributed by atoms with Crippen LogP contribution in [0.5, 0.6) is 0 Å². The maximum absolute atomic E-state index is 12.4. The minimum absolute atomic E-state index is 0.294. The summed E-state index contributed by atoms with van der Waals surface area (Å²) in [6.45, 7) is 2.23. The highest BCUT2D eigenvalue weighted by atomic mass is 35.5. The van der Waals surface area contributed by atoms with Gasteiger partial charge in [0, 0.05) is 37.6 Å². The van der Waals surface area contributed by atoms with E-state index in [0.717, 1.165) is 5.56 Å². The van der Waals surface area contributed by atoms with Gasteiger partial charge in [0.1, 0.15) is 0 Å². The van der Waals surface area contributed by atoms with E-state index in [1.165, 1.54) is 8.61 Å². The summed E-state index contributed by atoms with van der Waals surface area (Å²) in [6.07, 6.45) is 0.622. The average molecular weight is 339 g/mol. The summed E-state index contributed by atoms with van der Waals surface area (Å²) in [5.41, 5.74) is 0.856. The topological polar surface area (TPSA) is 40.6 Å². The largest absolute Gasteiger partial charge is 0.282 e. The van der Waals surface area contributed by atoms with Gasteiger partial charge in [0.05, 0.1) is 0 Å². The molecule has 0 bridgehead atoms. The van der Waals surface area contributed by atoms with E-state index in [4.69, 9.17) is 23.2 Å². The zero-order valence-electron chi connectivity index (χ0n) is 11.9. The molecule has 1 aromatic rings. The third kappa shape index (κ3) is 4.33. The van der Waals surface area contributed by atoms with Crippen LogP contribution in [-0.4, -0.2) is 43.5 Å². The summed E-state index contributed by atoms with van der Waals surface area (Å²) in [6, 6.07) is 6.92. The summed E-state index contributed by atoms with van der Waals surface area (Å²) in [5, 5.41) is 0.593. The molecule has 1 unspecified atom stereocenters. The molecule has 1 aromatic carbocycles. The fourth-order valence-electron chi connectivity index (χ4n) is 1.79. The smallest absolute Gasteiger partial charge is 0.195 e. The van der Waals surface area contributed by atoms with Gasteiger partial charge in [0.25, 0.3) is 10.2 Å². The second kappa shape index (κ2) is 7.61. The molecule has 0 aliphatic rings. The molecule has 0 N–H and O–H groups in total. The summed E-state index contributed by atoms with van der Waals surface area (Å²) in [5.74, 6) is 0.438. The first-order valence-electron chi connectivity index (χ1n) is 6.31. The molecule has 114 valence electrons. The van der Waals surface area contributed by atoms with Crippen LogP contribution in [-0.2, 0) is 10.2 Å². The molecule has 1 rings (SSSR count). The van der Waals surface area contributed by atoms with Crippen molar-refractivity contribution in [2.45, 2.75) is 19.4 Å². The van der Waals surface area contributed by atoms with Crippen LogP contribution in [0, 0.1) is 0 Å².